The molecule has 24 heavy (non-hydrogen) atoms. The van der Waals surface area contributed by atoms with Crippen LogP contribution in [0.1, 0.15) is 18.7 Å². The summed E-state index contributed by atoms with van der Waals surface area (Å²) in [6, 6.07) is 3.35. The van der Waals surface area contributed by atoms with Gasteiger partial charge in [0.05, 0.1) is 13.1 Å². The van der Waals surface area contributed by atoms with Crippen molar-refractivity contribution in [3.8, 4) is 0 Å². The topological polar surface area (TPSA) is 122 Å². The number of nitrogens with one attached hydrogen (secondary N) is 2. The number of hydrogen-bond donors (Lipinski definition) is 3. The quantitative estimate of drug-likeness (QED) is 0.509. The largest absolute Gasteiger partial charge is 0.354 e. The van der Waals surface area contributed by atoms with E-state index in [9.17, 15) is 18.0 Å². The van der Waals surface area contributed by atoms with Gasteiger partial charge >= 0.3 is 0 Å². The smallest absolute Gasteiger partial charge is 0.252 e. The van der Waals surface area contributed by atoms with Crippen LogP contribution in [0.4, 0.5) is 0 Å². The number of sulfonamides is 1. The van der Waals surface area contributed by atoms with Crippen molar-refractivity contribution >= 4 is 33.2 Å². The first-order chi connectivity index (χ1) is 11.3. The van der Waals surface area contributed by atoms with Gasteiger partial charge in [-0.15, -0.1) is 11.3 Å². The number of thiophene rings is 1. The molecule has 1 rings (SSSR count). The van der Waals surface area contributed by atoms with Gasteiger partial charge in [-0.1, -0.05) is 13.8 Å². The average molecular weight is 377 g/mol. The van der Waals surface area contributed by atoms with Crippen molar-refractivity contribution < 1.29 is 18.0 Å². The van der Waals surface area contributed by atoms with E-state index in [-0.39, 0.29) is 19.0 Å². The van der Waals surface area contributed by atoms with Crippen LogP contribution in [-0.2, 0) is 26.0 Å². The first kappa shape index (κ1) is 20.6. The van der Waals surface area contributed by atoms with Crippen molar-refractivity contribution in [2.45, 2.75) is 24.5 Å². The fourth-order valence-electron chi connectivity index (χ4n) is 1.96. The van der Waals surface area contributed by atoms with E-state index < -0.39 is 15.9 Å². The second kappa shape index (κ2) is 9.72. The molecular formula is C14H24N4O4S2. The Morgan fingerprint density at radius 2 is 1.83 bits per heavy atom. The third kappa shape index (κ3) is 5.86. The Balaban J connectivity index is 2.50. The lowest BCUT2D eigenvalue weighted by molar-refractivity contribution is -0.125. The maximum Gasteiger partial charge on any atom is 0.252 e. The molecule has 0 aromatic carbocycles. The molecule has 1 heterocycles. The van der Waals surface area contributed by atoms with Gasteiger partial charge in [-0.25, -0.2) is 8.42 Å². The molecule has 0 bridgehead atoms. The van der Waals surface area contributed by atoms with Crippen molar-refractivity contribution in [1.82, 2.24) is 14.9 Å². The Morgan fingerprint density at radius 3 is 2.42 bits per heavy atom. The fraction of sp³-hybridized carbons (Fsp3) is 0.571. The molecule has 0 aliphatic carbocycles. The molecule has 4 N–H and O–H groups in total. The van der Waals surface area contributed by atoms with Crippen LogP contribution >= 0.6 is 11.3 Å². The third-order valence-corrected chi connectivity index (χ3v) is 6.92. The van der Waals surface area contributed by atoms with Crippen LogP contribution in [0.15, 0.2) is 16.3 Å². The summed E-state index contributed by atoms with van der Waals surface area (Å²) in [5.74, 6) is -0.709. The second-order valence-corrected chi connectivity index (χ2v) is 8.22. The summed E-state index contributed by atoms with van der Waals surface area (Å²) in [5.41, 5.74) is 5.12. The van der Waals surface area contributed by atoms with Crippen LogP contribution in [0.5, 0.6) is 0 Å². The summed E-state index contributed by atoms with van der Waals surface area (Å²) in [6.45, 7) is 4.54. The molecule has 0 spiro atoms. The van der Waals surface area contributed by atoms with E-state index in [0.29, 0.717) is 30.3 Å². The Labute approximate surface area is 146 Å². The summed E-state index contributed by atoms with van der Waals surface area (Å²) in [4.78, 5) is 23.3. The minimum Gasteiger partial charge on any atom is -0.354 e. The molecule has 136 valence electrons. The molecule has 1 aromatic heterocycles. The average Bonchev–Trinajstić information content (AvgIpc) is 3.03. The van der Waals surface area contributed by atoms with Gasteiger partial charge in [0.25, 0.3) is 10.0 Å². The number of carbonyl (C=O) groups is 2. The number of nitrogens with two attached hydrogens (primary N) is 1. The summed E-state index contributed by atoms with van der Waals surface area (Å²) in [6.07, 6.45) is 0.523. The van der Waals surface area contributed by atoms with Gasteiger partial charge in [0.2, 0.25) is 11.8 Å². The highest BCUT2D eigenvalue weighted by atomic mass is 32.2. The lowest BCUT2D eigenvalue weighted by Crippen LogP contribution is -2.39. The van der Waals surface area contributed by atoms with Gasteiger partial charge in [-0.2, -0.15) is 4.31 Å². The lowest BCUT2D eigenvalue weighted by Gasteiger charge is -2.16. The molecule has 1 aromatic rings. The third-order valence-electron chi connectivity index (χ3n) is 3.26. The highest BCUT2D eigenvalue weighted by Crippen LogP contribution is 2.25. The minimum absolute atomic E-state index is 0.123. The first-order valence-electron chi connectivity index (χ1n) is 7.67. The van der Waals surface area contributed by atoms with E-state index >= 15 is 0 Å². The number of nitrogens with zero attached hydrogens (tertiary/aromatic N) is 1. The van der Waals surface area contributed by atoms with Crippen LogP contribution in [-0.4, -0.2) is 57.3 Å². The van der Waals surface area contributed by atoms with Crippen molar-refractivity contribution in [3.05, 3.63) is 17.0 Å². The summed E-state index contributed by atoms with van der Waals surface area (Å²) >= 11 is 1.21. The van der Waals surface area contributed by atoms with Crippen molar-refractivity contribution in [2.75, 3.05) is 32.7 Å². The SMILES string of the molecule is CCN(CC)S(=O)(=O)c1ccc(CCNC(=O)CNC(=O)CN)s1. The van der Waals surface area contributed by atoms with Crippen LogP contribution in [0, 0.1) is 0 Å². The summed E-state index contributed by atoms with van der Waals surface area (Å²) in [5, 5.41) is 5.03. The molecule has 0 saturated heterocycles. The van der Waals surface area contributed by atoms with Crippen molar-refractivity contribution in [3.63, 3.8) is 0 Å². The minimum atomic E-state index is -3.44. The predicted octanol–water partition coefficient (Wildman–Crippen LogP) is -0.488. The van der Waals surface area contributed by atoms with E-state index in [1.807, 2.05) is 0 Å². The summed E-state index contributed by atoms with van der Waals surface area (Å²) in [7, 11) is -3.44. The van der Waals surface area contributed by atoms with Crippen LogP contribution < -0.4 is 16.4 Å². The molecule has 10 heteroatoms. The monoisotopic (exact) mass is 376 g/mol. The molecule has 0 fully saturated rings. The van der Waals surface area contributed by atoms with E-state index in [1.54, 1.807) is 26.0 Å². The molecule has 0 aliphatic heterocycles. The number of rotatable bonds is 10. The van der Waals surface area contributed by atoms with Crippen molar-refractivity contribution in [2.24, 2.45) is 5.73 Å². The predicted molar refractivity (Wildman–Crippen MR) is 93.2 cm³/mol. The Bertz CT molecular complexity index is 653. The van der Waals surface area contributed by atoms with Gasteiger partial charge in [0, 0.05) is 24.5 Å². The van der Waals surface area contributed by atoms with E-state index in [2.05, 4.69) is 10.6 Å². The highest BCUT2D eigenvalue weighted by molar-refractivity contribution is 7.91. The standard InChI is InChI=1S/C14H24N4O4S2/c1-3-18(4-2)24(21,22)14-6-5-11(23-14)7-8-16-13(20)10-17-12(19)9-15/h5-6H,3-4,7-10,15H2,1-2H3,(H,16,20)(H,17,19). The molecule has 0 atom stereocenters. The van der Waals surface area contributed by atoms with Crippen molar-refractivity contribution in [1.29, 1.82) is 0 Å². The molecular weight excluding hydrogens is 352 g/mol. The first-order valence-corrected chi connectivity index (χ1v) is 9.93. The number of amides is 2. The Morgan fingerprint density at radius 1 is 1.17 bits per heavy atom. The van der Waals surface area contributed by atoms with Gasteiger partial charge in [0.15, 0.2) is 0 Å². The molecule has 8 nitrogen and oxygen atoms in total. The normalized spacial score (nSPS) is 11.5. The molecule has 0 unspecified atom stereocenters. The maximum atomic E-state index is 12.4. The fourth-order valence-corrected chi connectivity index (χ4v) is 4.93. The van der Waals surface area contributed by atoms with Gasteiger partial charge in [-0.3, -0.25) is 9.59 Å². The van der Waals surface area contributed by atoms with Crippen LogP contribution in [0.2, 0.25) is 0 Å². The highest BCUT2D eigenvalue weighted by Gasteiger charge is 2.23. The second-order valence-electron chi connectivity index (χ2n) is 4.89. The Hall–Kier alpha value is -1.49. The van der Waals surface area contributed by atoms with Gasteiger partial charge in [0.1, 0.15) is 4.21 Å². The zero-order valence-electron chi connectivity index (χ0n) is 13.9. The van der Waals surface area contributed by atoms with E-state index in [0.717, 1.165) is 4.88 Å². The lowest BCUT2D eigenvalue weighted by atomic mass is 10.3. The van der Waals surface area contributed by atoms with Gasteiger partial charge in [-0.05, 0) is 18.6 Å². The molecule has 0 saturated carbocycles. The number of hydrogen-bond acceptors (Lipinski definition) is 6. The molecule has 0 aliphatic rings. The zero-order chi connectivity index (χ0) is 18.2. The van der Waals surface area contributed by atoms with E-state index in [4.69, 9.17) is 5.73 Å². The number of carbonyl (C=O) groups excluding carboxylic acids is 2. The molecule has 0 radical (unpaired) electrons. The zero-order valence-corrected chi connectivity index (χ0v) is 15.5. The van der Waals surface area contributed by atoms with E-state index in [1.165, 1.54) is 15.6 Å². The Kier molecular flexibility index (Phi) is 8.32. The van der Waals surface area contributed by atoms with Gasteiger partial charge < -0.3 is 16.4 Å². The van der Waals surface area contributed by atoms with Crippen LogP contribution in [0.25, 0.3) is 0 Å². The maximum absolute atomic E-state index is 12.4. The molecule has 2 amide bonds. The summed E-state index contributed by atoms with van der Waals surface area (Å²) < 4.78 is 26.5. The van der Waals surface area contributed by atoms with Crippen LogP contribution in [0.3, 0.4) is 0 Å².